The molecule has 0 aliphatic carbocycles. The molecule has 0 spiro atoms. The minimum Gasteiger partial charge on any atom is -0.324 e. The van der Waals surface area contributed by atoms with E-state index in [-0.39, 0.29) is 12.0 Å². The molecule has 0 saturated heterocycles. The Morgan fingerprint density at radius 3 is 2.20 bits per heavy atom. The van der Waals surface area contributed by atoms with Crippen molar-refractivity contribution in [2.24, 2.45) is 11.7 Å². The number of nitrogens with two attached hydrogens (primary N) is 1. The van der Waals surface area contributed by atoms with E-state index in [0.717, 1.165) is 12.1 Å². The maximum absolute atomic E-state index is 13.2. The maximum atomic E-state index is 13.2. The Morgan fingerprint density at radius 1 is 1.20 bits per heavy atom. The largest absolute Gasteiger partial charge is 0.324 e. The lowest BCUT2D eigenvalue weighted by Crippen LogP contribution is -2.17. The van der Waals surface area contributed by atoms with Gasteiger partial charge < -0.3 is 5.73 Å². The van der Waals surface area contributed by atoms with Crippen molar-refractivity contribution in [3.63, 3.8) is 0 Å². The van der Waals surface area contributed by atoms with Gasteiger partial charge in [-0.3, -0.25) is 0 Å². The molecule has 1 nitrogen and oxygen atoms in total. The molecule has 0 aliphatic heterocycles. The summed E-state index contributed by atoms with van der Waals surface area (Å²) in [5.41, 5.74) is 5.75. The molecule has 1 aromatic carbocycles. The van der Waals surface area contributed by atoms with Crippen LogP contribution in [0.3, 0.4) is 0 Å². The molecular formula is C11H14F3N. The summed E-state index contributed by atoms with van der Waals surface area (Å²) >= 11 is 0. The lowest BCUT2D eigenvalue weighted by molar-refractivity contribution is 0.146. The molecule has 4 heteroatoms. The molecule has 84 valence electrons. The topological polar surface area (TPSA) is 26.0 Å². The third kappa shape index (κ3) is 2.72. The van der Waals surface area contributed by atoms with Crippen LogP contribution in [0.2, 0.25) is 0 Å². The molecule has 0 fully saturated rings. The quantitative estimate of drug-likeness (QED) is 0.824. The van der Waals surface area contributed by atoms with Crippen LogP contribution in [0.15, 0.2) is 18.2 Å². The van der Waals surface area contributed by atoms with Gasteiger partial charge in [0.15, 0.2) is 0 Å². The van der Waals surface area contributed by atoms with Gasteiger partial charge in [0.2, 0.25) is 0 Å². The van der Waals surface area contributed by atoms with Crippen molar-refractivity contribution in [1.29, 1.82) is 0 Å². The highest BCUT2D eigenvalue weighted by molar-refractivity contribution is 5.27. The average Bonchev–Trinajstić information content (AvgIpc) is 2.15. The van der Waals surface area contributed by atoms with Crippen molar-refractivity contribution in [2.45, 2.75) is 26.3 Å². The maximum Gasteiger partial charge on any atom is 0.266 e. The average molecular weight is 217 g/mol. The van der Waals surface area contributed by atoms with Gasteiger partial charge in [0.25, 0.3) is 6.43 Å². The van der Waals surface area contributed by atoms with Gasteiger partial charge in [-0.2, -0.15) is 0 Å². The molecule has 0 unspecified atom stereocenters. The molecule has 0 saturated carbocycles. The second kappa shape index (κ2) is 4.66. The Morgan fingerprint density at radius 2 is 1.80 bits per heavy atom. The highest BCUT2D eigenvalue weighted by Gasteiger charge is 2.16. The minimum atomic E-state index is -2.78. The van der Waals surface area contributed by atoms with E-state index in [1.807, 2.05) is 13.8 Å². The second-order valence-corrected chi connectivity index (χ2v) is 3.85. The molecule has 15 heavy (non-hydrogen) atoms. The molecule has 2 N–H and O–H groups in total. The summed E-state index contributed by atoms with van der Waals surface area (Å²) < 4.78 is 37.7. The van der Waals surface area contributed by atoms with Gasteiger partial charge in [-0.25, -0.2) is 13.2 Å². The molecule has 0 heterocycles. The summed E-state index contributed by atoms with van der Waals surface area (Å²) in [6.07, 6.45) is -2.78. The third-order valence-electron chi connectivity index (χ3n) is 2.36. The lowest BCUT2D eigenvalue weighted by Gasteiger charge is -2.16. The molecule has 0 radical (unpaired) electrons. The molecule has 1 atom stereocenters. The van der Waals surface area contributed by atoms with Crippen molar-refractivity contribution in [3.8, 4) is 0 Å². The Labute approximate surface area is 87.1 Å². The van der Waals surface area contributed by atoms with Crippen LogP contribution >= 0.6 is 0 Å². The van der Waals surface area contributed by atoms with Gasteiger partial charge in [0.1, 0.15) is 5.82 Å². The van der Waals surface area contributed by atoms with Crippen molar-refractivity contribution in [2.75, 3.05) is 0 Å². The first-order valence-electron chi connectivity index (χ1n) is 4.76. The van der Waals surface area contributed by atoms with E-state index in [0.29, 0.717) is 5.56 Å². The number of hydrogen-bond acceptors (Lipinski definition) is 1. The van der Waals surface area contributed by atoms with E-state index in [1.165, 1.54) is 6.07 Å². The molecule has 0 bridgehead atoms. The summed E-state index contributed by atoms with van der Waals surface area (Å²) in [5, 5.41) is 0. The summed E-state index contributed by atoms with van der Waals surface area (Å²) in [6, 6.07) is 3.31. The van der Waals surface area contributed by atoms with Crippen molar-refractivity contribution in [3.05, 3.63) is 35.1 Å². The molecule has 0 amide bonds. The fourth-order valence-electron chi connectivity index (χ4n) is 1.31. The molecule has 1 aromatic rings. The zero-order valence-electron chi connectivity index (χ0n) is 8.68. The molecular weight excluding hydrogens is 203 g/mol. The van der Waals surface area contributed by atoms with Gasteiger partial charge in [-0.15, -0.1) is 0 Å². The van der Waals surface area contributed by atoms with E-state index < -0.39 is 17.8 Å². The van der Waals surface area contributed by atoms with E-state index in [2.05, 4.69) is 0 Å². The van der Waals surface area contributed by atoms with Crippen molar-refractivity contribution < 1.29 is 13.2 Å². The van der Waals surface area contributed by atoms with Crippen LogP contribution < -0.4 is 5.73 Å². The van der Waals surface area contributed by atoms with E-state index >= 15 is 0 Å². The fraction of sp³-hybridized carbons (Fsp3) is 0.455. The first-order chi connectivity index (χ1) is 6.93. The predicted molar refractivity (Wildman–Crippen MR) is 53.1 cm³/mol. The van der Waals surface area contributed by atoms with E-state index in [9.17, 15) is 13.2 Å². The monoisotopic (exact) mass is 217 g/mol. The Kier molecular flexibility index (Phi) is 3.74. The number of rotatable bonds is 3. The van der Waals surface area contributed by atoms with Crippen LogP contribution in [0, 0.1) is 11.7 Å². The summed E-state index contributed by atoms with van der Waals surface area (Å²) in [5.74, 6) is -0.750. The predicted octanol–water partition coefficient (Wildman–Crippen LogP) is 3.42. The lowest BCUT2D eigenvalue weighted by atomic mass is 9.96. The second-order valence-electron chi connectivity index (χ2n) is 3.85. The molecule has 0 aliphatic rings. The number of benzene rings is 1. The highest BCUT2D eigenvalue weighted by atomic mass is 19.3. The van der Waals surface area contributed by atoms with Crippen molar-refractivity contribution >= 4 is 0 Å². The van der Waals surface area contributed by atoms with Gasteiger partial charge in [0.05, 0.1) is 5.56 Å². The molecule has 1 rings (SSSR count). The van der Waals surface area contributed by atoms with Crippen LogP contribution in [0.4, 0.5) is 13.2 Å². The summed E-state index contributed by atoms with van der Waals surface area (Å²) in [7, 11) is 0. The van der Waals surface area contributed by atoms with E-state index in [4.69, 9.17) is 5.73 Å². The Bertz CT molecular complexity index is 337. The number of alkyl halides is 2. The fourth-order valence-corrected chi connectivity index (χ4v) is 1.31. The van der Waals surface area contributed by atoms with Crippen LogP contribution in [-0.2, 0) is 0 Å². The third-order valence-corrected chi connectivity index (χ3v) is 2.36. The first-order valence-corrected chi connectivity index (χ1v) is 4.76. The highest BCUT2D eigenvalue weighted by Crippen LogP contribution is 2.26. The Hall–Kier alpha value is -1.03. The standard InChI is InChI=1S/C11H14F3N/c1-6(2)10(15)7-3-4-8(11(13)14)9(12)5-7/h3-6,10-11H,15H2,1-2H3/t10-/m0/s1. The summed E-state index contributed by atoms with van der Waals surface area (Å²) in [6.45, 7) is 3.78. The first kappa shape index (κ1) is 12.0. The smallest absolute Gasteiger partial charge is 0.266 e. The van der Waals surface area contributed by atoms with Crippen LogP contribution in [0.1, 0.15) is 37.4 Å². The van der Waals surface area contributed by atoms with Crippen LogP contribution in [0.25, 0.3) is 0 Å². The van der Waals surface area contributed by atoms with Crippen molar-refractivity contribution in [1.82, 2.24) is 0 Å². The van der Waals surface area contributed by atoms with Gasteiger partial charge in [0, 0.05) is 6.04 Å². The minimum absolute atomic E-state index is 0.141. The van der Waals surface area contributed by atoms with Crippen LogP contribution in [-0.4, -0.2) is 0 Å². The Balaban J connectivity index is 3.01. The SMILES string of the molecule is CC(C)[C@H](N)c1ccc(C(F)F)c(F)c1. The number of halogens is 3. The normalized spacial score (nSPS) is 13.6. The summed E-state index contributed by atoms with van der Waals surface area (Å²) in [4.78, 5) is 0. The van der Waals surface area contributed by atoms with Gasteiger partial charge in [-0.05, 0) is 17.5 Å². The number of hydrogen-bond donors (Lipinski definition) is 1. The zero-order valence-corrected chi connectivity index (χ0v) is 8.68. The molecule has 0 aromatic heterocycles. The van der Waals surface area contributed by atoms with Gasteiger partial charge >= 0.3 is 0 Å². The zero-order chi connectivity index (χ0) is 11.6. The van der Waals surface area contributed by atoms with Gasteiger partial charge in [-0.1, -0.05) is 26.0 Å². The van der Waals surface area contributed by atoms with E-state index in [1.54, 1.807) is 0 Å². The van der Waals surface area contributed by atoms with Crippen LogP contribution in [0.5, 0.6) is 0 Å².